The Morgan fingerprint density at radius 2 is 0.767 bits per heavy atom. The molecule has 0 aliphatic heterocycles. The normalized spacial score (nSPS) is 11.3. The number of fused-ring (bicyclic) bond motifs is 3. The molecule has 8 aromatic rings. The van der Waals surface area contributed by atoms with Crippen molar-refractivity contribution in [3.63, 3.8) is 0 Å². The smallest absolute Gasteiger partial charge is 0.0617 e. The topological polar surface area (TPSA) is 38.7 Å². The number of benzene rings is 6. The van der Waals surface area contributed by atoms with Gasteiger partial charge in [0, 0.05) is 0 Å². The third-order valence-electron chi connectivity index (χ3n) is 7.75. The fourth-order valence-electron chi connectivity index (χ4n) is 5.54. The second-order valence-electron chi connectivity index (χ2n) is 10.5. The first-order valence-electron chi connectivity index (χ1n) is 14.3. The van der Waals surface area contributed by atoms with Gasteiger partial charge in [-0.05, 0) is 11.1 Å². The maximum absolute atomic E-state index is 5.01. The Labute approximate surface area is 259 Å². The van der Waals surface area contributed by atoms with E-state index in [4.69, 9.17) is 15.0 Å². The van der Waals surface area contributed by atoms with Crippen LogP contribution in [-0.2, 0) is 0 Å². The van der Waals surface area contributed by atoms with Gasteiger partial charge in [-0.2, -0.15) is 0 Å². The molecule has 0 N–H and O–H groups in total. The first-order chi connectivity index (χ1) is 21.3. The van der Waals surface area contributed by atoms with Crippen LogP contribution in [-0.4, -0.2) is 35.4 Å². The maximum atomic E-state index is 5.01. The van der Waals surface area contributed by atoms with Gasteiger partial charge in [-0.15, -0.1) is 0 Å². The van der Waals surface area contributed by atoms with E-state index < -0.39 is 0 Å². The molecule has 0 aliphatic rings. The molecule has 0 unspecified atom stereocenters. The van der Waals surface area contributed by atoms with Gasteiger partial charge in [0.15, 0.2) is 0 Å². The molecule has 4 heteroatoms. The Hall–Kier alpha value is -4.88. The number of nitrogens with zero attached hydrogens (tertiary/aromatic N) is 3. The Balaban J connectivity index is 1.21. The fourth-order valence-corrected chi connectivity index (χ4v) is 8.81. The molecule has 43 heavy (non-hydrogen) atoms. The van der Waals surface area contributed by atoms with Crippen LogP contribution in [0.3, 0.4) is 0 Å². The summed E-state index contributed by atoms with van der Waals surface area (Å²) in [6.45, 7) is 0. The van der Waals surface area contributed by atoms with Crippen LogP contribution in [0.15, 0.2) is 152 Å². The Kier molecular flexibility index (Phi) is 6.65. The van der Waals surface area contributed by atoms with Crippen molar-refractivity contribution in [2.75, 3.05) is 0 Å². The molecule has 6 aromatic carbocycles. The predicted octanol–water partition coefficient (Wildman–Crippen LogP) is 9.57. The summed E-state index contributed by atoms with van der Waals surface area (Å²) in [5, 5.41) is 2.80. The van der Waals surface area contributed by atoms with E-state index in [2.05, 4.69) is 115 Å². The fraction of sp³-hybridized carbons (Fsp3) is 0. The van der Waals surface area contributed by atoms with Crippen LogP contribution in [0.2, 0.25) is 0 Å². The zero-order valence-corrected chi connectivity index (χ0v) is 25.5. The summed E-state index contributed by atoms with van der Waals surface area (Å²) in [7, 11) is 0. The minimum atomic E-state index is -0.378. The van der Waals surface area contributed by atoms with E-state index in [1.807, 2.05) is 36.4 Å². The molecule has 0 aliphatic carbocycles. The Bertz CT molecular complexity index is 2220. The molecule has 0 fully saturated rings. The van der Waals surface area contributed by atoms with Gasteiger partial charge in [-0.25, -0.2) is 0 Å². The minimum Gasteiger partial charge on any atom is -0.0617 e. The van der Waals surface area contributed by atoms with Gasteiger partial charge >= 0.3 is 214 Å². The van der Waals surface area contributed by atoms with E-state index in [0.29, 0.717) is 17.5 Å². The van der Waals surface area contributed by atoms with Gasteiger partial charge in [-0.1, -0.05) is 36.4 Å². The summed E-state index contributed by atoms with van der Waals surface area (Å²) in [5.74, 6) is 1.99. The summed E-state index contributed by atoms with van der Waals surface area (Å²) < 4.78 is 3.03. The predicted molar refractivity (Wildman–Crippen MR) is 179 cm³/mol. The first-order valence-corrected chi connectivity index (χ1v) is 16.6. The summed E-state index contributed by atoms with van der Waals surface area (Å²) in [6, 6.07) is 53.3. The number of hydrogen-bond acceptors (Lipinski definition) is 3. The number of rotatable bonds is 5. The zero-order chi connectivity index (χ0) is 28.6. The van der Waals surface area contributed by atoms with Crippen molar-refractivity contribution >= 4 is 38.0 Å². The quantitative estimate of drug-likeness (QED) is 0.172. The first kappa shape index (κ1) is 25.8. The molecule has 2 aromatic heterocycles. The summed E-state index contributed by atoms with van der Waals surface area (Å²) in [6.07, 6.45) is 0. The van der Waals surface area contributed by atoms with Crippen molar-refractivity contribution < 1.29 is 0 Å². The number of hydrogen-bond donors (Lipinski definition) is 0. The standard InChI is InChI=1S/C39H25N3Te/c1-3-10-26(11-4-1)27-18-20-29(21-19-27)38-40-37(28-12-5-2-6-13-28)41-39(42-38)32-15-9-14-30(24-32)31-22-23-34-33-16-7-8-17-35(33)43-36(34)25-31/h1-25H. The van der Waals surface area contributed by atoms with Crippen LogP contribution in [0.4, 0.5) is 0 Å². The van der Waals surface area contributed by atoms with Crippen LogP contribution in [0.5, 0.6) is 0 Å². The average molecular weight is 663 g/mol. The van der Waals surface area contributed by atoms with E-state index in [9.17, 15) is 0 Å². The molecule has 202 valence electrons. The minimum absolute atomic E-state index is 0.378. The molecule has 0 amide bonds. The Morgan fingerprint density at radius 1 is 0.302 bits per heavy atom. The van der Waals surface area contributed by atoms with Gasteiger partial charge < -0.3 is 0 Å². The summed E-state index contributed by atoms with van der Waals surface area (Å²) in [4.78, 5) is 14.9. The van der Waals surface area contributed by atoms with Crippen LogP contribution >= 0.6 is 0 Å². The molecule has 0 saturated heterocycles. The molecular weight excluding hydrogens is 638 g/mol. The van der Waals surface area contributed by atoms with Gasteiger partial charge in [-0.3, -0.25) is 0 Å². The number of aromatic nitrogens is 3. The molecule has 3 nitrogen and oxygen atoms in total. The second-order valence-corrected chi connectivity index (χ2v) is 13.6. The van der Waals surface area contributed by atoms with Crippen molar-refractivity contribution in [3.05, 3.63) is 152 Å². The molecule has 0 atom stereocenters. The van der Waals surface area contributed by atoms with Gasteiger partial charge in [0.1, 0.15) is 0 Å². The molecule has 0 spiro atoms. The van der Waals surface area contributed by atoms with E-state index in [-0.39, 0.29) is 20.4 Å². The molecule has 0 saturated carbocycles. The van der Waals surface area contributed by atoms with E-state index in [1.165, 1.54) is 34.3 Å². The van der Waals surface area contributed by atoms with Crippen LogP contribution in [0.25, 0.3) is 74.0 Å². The van der Waals surface area contributed by atoms with Crippen LogP contribution in [0, 0.1) is 0 Å². The van der Waals surface area contributed by atoms with Crippen LogP contribution < -0.4 is 0 Å². The van der Waals surface area contributed by atoms with Crippen molar-refractivity contribution in [2.45, 2.75) is 0 Å². The second kappa shape index (κ2) is 11.1. The van der Waals surface area contributed by atoms with Gasteiger partial charge in [0.25, 0.3) is 0 Å². The third kappa shape index (κ3) is 5.06. The van der Waals surface area contributed by atoms with Crippen molar-refractivity contribution in [1.29, 1.82) is 0 Å². The summed E-state index contributed by atoms with van der Waals surface area (Å²) in [5.41, 5.74) is 7.64. The van der Waals surface area contributed by atoms with Gasteiger partial charge in [0.05, 0.1) is 0 Å². The summed E-state index contributed by atoms with van der Waals surface area (Å²) >= 11 is -0.378. The van der Waals surface area contributed by atoms with Crippen molar-refractivity contribution in [3.8, 4) is 56.4 Å². The van der Waals surface area contributed by atoms with Crippen molar-refractivity contribution in [2.24, 2.45) is 0 Å². The van der Waals surface area contributed by atoms with E-state index >= 15 is 0 Å². The van der Waals surface area contributed by atoms with Crippen molar-refractivity contribution in [1.82, 2.24) is 15.0 Å². The van der Waals surface area contributed by atoms with Gasteiger partial charge in [0.2, 0.25) is 0 Å². The molecular formula is C39H25N3Te. The average Bonchev–Trinajstić information content (AvgIpc) is 3.47. The SMILES string of the molecule is c1ccc(-c2ccc(-c3nc(-c4ccccc4)nc(-c4cccc(-c5ccc6c(c5)[te]c5ccccc56)c4)n3)cc2)cc1. The van der Waals surface area contributed by atoms with E-state index in [0.717, 1.165) is 22.3 Å². The van der Waals surface area contributed by atoms with Crippen LogP contribution in [0.1, 0.15) is 0 Å². The molecule has 0 bridgehead atoms. The molecule has 8 rings (SSSR count). The monoisotopic (exact) mass is 665 g/mol. The molecule has 2 heterocycles. The third-order valence-corrected chi connectivity index (χ3v) is 11.0. The molecule has 0 radical (unpaired) electrons. The van der Waals surface area contributed by atoms with E-state index in [1.54, 1.807) is 0 Å². The zero-order valence-electron chi connectivity index (χ0n) is 23.2. The Morgan fingerprint density at radius 3 is 1.51 bits per heavy atom.